The zero-order chi connectivity index (χ0) is 14.8. The van der Waals surface area contributed by atoms with Crippen molar-refractivity contribution in [2.75, 3.05) is 13.6 Å². The largest absolute Gasteiger partial charge is 0.389 e. The Bertz CT molecular complexity index is 501. The lowest BCUT2D eigenvalue weighted by molar-refractivity contribution is -0.384. The van der Waals surface area contributed by atoms with Gasteiger partial charge in [0, 0.05) is 30.2 Å². The van der Waals surface area contributed by atoms with Crippen LogP contribution in [0.25, 0.3) is 0 Å². The molecule has 0 bridgehead atoms. The Morgan fingerprint density at radius 2 is 2.10 bits per heavy atom. The van der Waals surface area contributed by atoms with Crippen LogP contribution in [0.4, 0.5) is 5.69 Å². The average molecular weight is 299 g/mol. The number of rotatable bonds is 5. The van der Waals surface area contributed by atoms with Crippen LogP contribution in [-0.4, -0.2) is 34.1 Å². The number of non-ortho nitro benzene ring substituents is 1. The van der Waals surface area contributed by atoms with Crippen molar-refractivity contribution in [3.63, 3.8) is 0 Å². The molecule has 6 heteroatoms. The van der Waals surface area contributed by atoms with E-state index < -0.39 is 10.5 Å². The summed E-state index contributed by atoms with van der Waals surface area (Å²) in [5.41, 5.74) is 0.129. The van der Waals surface area contributed by atoms with E-state index in [-0.39, 0.29) is 5.69 Å². The molecule has 110 valence electrons. The summed E-state index contributed by atoms with van der Waals surface area (Å²) in [7, 11) is 1.89. The molecule has 1 saturated carbocycles. The fraction of sp³-hybridized carbons (Fsp3) is 0.571. The summed E-state index contributed by atoms with van der Waals surface area (Å²) in [6.45, 7) is 1.05. The Hall–Kier alpha value is -1.17. The Labute approximate surface area is 123 Å². The van der Waals surface area contributed by atoms with Gasteiger partial charge in [-0.05, 0) is 31.5 Å². The van der Waals surface area contributed by atoms with Crippen LogP contribution in [0.1, 0.15) is 31.2 Å². The second kappa shape index (κ2) is 6.08. The second-order valence-corrected chi connectivity index (χ2v) is 6.04. The van der Waals surface area contributed by atoms with E-state index in [1.54, 1.807) is 6.07 Å². The van der Waals surface area contributed by atoms with Gasteiger partial charge in [0.2, 0.25) is 0 Å². The van der Waals surface area contributed by atoms with E-state index >= 15 is 0 Å². The SMILES string of the molecule is CN(Cc1cc([N+](=O)[O-])ccc1Cl)CC1(O)CCCC1. The molecule has 0 unspecified atom stereocenters. The molecule has 20 heavy (non-hydrogen) atoms. The number of nitro groups is 1. The number of nitro benzene ring substituents is 1. The lowest BCUT2D eigenvalue weighted by atomic mass is 10.0. The quantitative estimate of drug-likeness (QED) is 0.670. The summed E-state index contributed by atoms with van der Waals surface area (Å²) in [6.07, 6.45) is 3.75. The van der Waals surface area contributed by atoms with E-state index in [2.05, 4.69) is 0 Å². The van der Waals surface area contributed by atoms with Crippen molar-refractivity contribution in [2.24, 2.45) is 0 Å². The third-order valence-corrected chi connectivity index (χ3v) is 4.15. The Balaban J connectivity index is 2.05. The molecule has 0 aromatic heterocycles. The van der Waals surface area contributed by atoms with Gasteiger partial charge in [0.15, 0.2) is 0 Å². The first kappa shape index (κ1) is 15.2. The minimum Gasteiger partial charge on any atom is -0.389 e. The summed E-state index contributed by atoms with van der Waals surface area (Å²) in [4.78, 5) is 12.3. The Morgan fingerprint density at radius 1 is 1.45 bits per heavy atom. The van der Waals surface area contributed by atoms with E-state index in [1.165, 1.54) is 12.1 Å². The van der Waals surface area contributed by atoms with Crippen molar-refractivity contribution in [1.82, 2.24) is 4.90 Å². The molecule has 2 rings (SSSR count). The van der Waals surface area contributed by atoms with E-state index in [0.717, 1.165) is 25.7 Å². The van der Waals surface area contributed by atoms with Crippen molar-refractivity contribution < 1.29 is 10.0 Å². The molecule has 5 nitrogen and oxygen atoms in total. The molecule has 0 saturated heterocycles. The van der Waals surface area contributed by atoms with Crippen LogP contribution in [0.5, 0.6) is 0 Å². The van der Waals surface area contributed by atoms with E-state index in [9.17, 15) is 15.2 Å². The van der Waals surface area contributed by atoms with Gasteiger partial charge in [-0.25, -0.2) is 0 Å². The second-order valence-electron chi connectivity index (χ2n) is 5.64. The number of hydrogen-bond acceptors (Lipinski definition) is 4. The van der Waals surface area contributed by atoms with Crippen LogP contribution in [0.15, 0.2) is 18.2 Å². The van der Waals surface area contributed by atoms with Gasteiger partial charge < -0.3 is 5.11 Å². The summed E-state index contributed by atoms with van der Waals surface area (Å²) in [6, 6.07) is 4.45. The first-order chi connectivity index (χ1) is 9.39. The first-order valence-electron chi connectivity index (χ1n) is 6.73. The van der Waals surface area contributed by atoms with Crippen LogP contribution < -0.4 is 0 Å². The van der Waals surface area contributed by atoms with Gasteiger partial charge in [-0.1, -0.05) is 24.4 Å². The Morgan fingerprint density at radius 3 is 2.70 bits per heavy atom. The van der Waals surface area contributed by atoms with Gasteiger partial charge >= 0.3 is 0 Å². The van der Waals surface area contributed by atoms with Crippen molar-refractivity contribution >= 4 is 17.3 Å². The van der Waals surface area contributed by atoms with Gasteiger partial charge in [-0.2, -0.15) is 0 Å². The molecule has 0 atom stereocenters. The predicted molar refractivity (Wildman–Crippen MR) is 77.9 cm³/mol. The molecular formula is C14H19ClN2O3. The summed E-state index contributed by atoms with van der Waals surface area (Å²) in [5, 5.41) is 21.7. The van der Waals surface area contributed by atoms with Crippen LogP contribution in [-0.2, 0) is 6.54 Å². The highest BCUT2D eigenvalue weighted by molar-refractivity contribution is 6.31. The van der Waals surface area contributed by atoms with Crippen LogP contribution >= 0.6 is 11.6 Å². The standard InChI is InChI=1S/C14H19ClN2O3/c1-16(10-14(18)6-2-3-7-14)9-11-8-12(17(19)20)4-5-13(11)15/h4-5,8,18H,2-3,6-7,9-10H2,1H3. The minimum atomic E-state index is -0.623. The smallest absolute Gasteiger partial charge is 0.269 e. The van der Waals surface area contributed by atoms with Crippen molar-refractivity contribution in [3.05, 3.63) is 38.9 Å². The molecular weight excluding hydrogens is 280 g/mol. The van der Waals surface area contributed by atoms with E-state index in [1.807, 2.05) is 11.9 Å². The maximum atomic E-state index is 10.8. The number of benzene rings is 1. The maximum Gasteiger partial charge on any atom is 0.269 e. The average Bonchev–Trinajstić information content (AvgIpc) is 2.78. The molecule has 0 heterocycles. The molecule has 0 radical (unpaired) electrons. The van der Waals surface area contributed by atoms with Gasteiger partial charge in [-0.15, -0.1) is 0 Å². The highest BCUT2D eigenvalue weighted by Crippen LogP contribution is 2.31. The number of halogens is 1. The lowest BCUT2D eigenvalue weighted by Crippen LogP contribution is -2.38. The Kier molecular flexibility index (Phi) is 4.62. The van der Waals surface area contributed by atoms with E-state index in [0.29, 0.717) is 23.7 Å². The van der Waals surface area contributed by atoms with Gasteiger partial charge in [0.05, 0.1) is 10.5 Å². The predicted octanol–water partition coefficient (Wildman–Crippen LogP) is 2.99. The number of hydrogen-bond donors (Lipinski definition) is 1. The van der Waals surface area contributed by atoms with E-state index in [4.69, 9.17) is 11.6 Å². The minimum absolute atomic E-state index is 0.0392. The van der Waals surface area contributed by atoms with Gasteiger partial charge in [-0.3, -0.25) is 15.0 Å². The summed E-state index contributed by atoms with van der Waals surface area (Å²) >= 11 is 6.08. The lowest BCUT2D eigenvalue weighted by Gasteiger charge is -2.28. The number of likely N-dealkylation sites (N-methyl/N-ethyl adjacent to an activating group) is 1. The molecule has 1 aromatic rings. The molecule has 1 aliphatic carbocycles. The van der Waals surface area contributed by atoms with Crippen molar-refractivity contribution in [1.29, 1.82) is 0 Å². The fourth-order valence-electron chi connectivity index (χ4n) is 2.84. The van der Waals surface area contributed by atoms with Crippen LogP contribution in [0, 0.1) is 10.1 Å². The normalized spacial score (nSPS) is 17.6. The zero-order valence-electron chi connectivity index (χ0n) is 11.5. The van der Waals surface area contributed by atoms with Crippen molar-refractivity contribution in [3.8, 4) is 0 Å². The highest BCUT2D eigenvalue weighted by Gasteiger charge is 2.32. The molecule has 1 N–H and O–H groups in total. The van der Waals surface area contributed by atoms with Gasteiger partial charge in [0.25, 0.3) is 5.69 Å². The first-order valence-corrected chi connectivity index (χ1v) is 7.11. The summed E-state index contributed by atoms with van der Waals surface area (Å²) < 4.78 is 0. The molecule has 0 amide bonds. The highest BCUT2D eigenvalue weighted by atomic mass is 35.5. The maximum absolute atomic E-state index is 10.8. The molecule has 0 aliphatic heterocycles. The molecule has 1 fully saturated rings. The van der Waals surface area contributed by atoms with Crippen molar-refractivity contribution in [2.45, 2.75) is 37.8 Å². The van der Waals surface area contributed by atoms with Crippen LogP contribution in [0.3, 0.4) is 0 Å². The summed E-state index contributed by atoms with van der Waals surface area (Å²) in [5.74, 6) is 0. The molecule has 1 aliphatic rings. The monoisotopic (exact) mass is 298 g/mol. The topological polar surface area (TPSA) is 66.6 Å². The van der Waals surface area contributed by atoms with Gasteiger partial charge in [0.1, 0.15) is 0 Å². The number of nitrogens with zero attached hydrogens (tertiary/aromatic N) is 2. The van der Waals surface area contributed by atoms with Crippen LogP contribution in [0.2, 0.25) is 5.02 Å². The zero-order valence-corrected chi connectivity index (χ0v) is 12.3. The number of aliphatic hydroxyl groups is 1. The fourth-order valence-corrected chi connectivity index (χ4v) is 3.01. The third kappa shape index (κ3) is 3.69. The molecule has 1 aromatic carbocycles. The third-order valence-electron chi connectivity index (χ3n) is 3.78. The molecule has 0 spiro atoms.